The van der Waals surface area contributed by atoms with Crippen LogP contribution in [0, 0.1) is 3.57 Å². The Morgan fingerprint density at radius 2 is 1.77 bits per heavy atom. The summed E-state index contributed by atoms with van der Waals surface area (Å²) in [6, 6.07) is 7.80. The van der Waals surface area contributed by atoms with E-state index in [9.17, 15) is 4.79 Å². The molecule has 0 aliphatic heterocycles. The van der Waals surface area contributed by atoms with Gasteiger partial charge in [-0.1, -0.05) is 12.1 Å². The molecule has 3 heteroatoms. The molecule has 1 aromatic carbocycles. The molecule has 0 radical (unpaired) electrons. The van der Waals surface area contributed by atoms with Crippen molar-refractivity contribution in [1.82, 2.24) is 0 Å². The first-order valence-corrected chi connectivity index (χ1v) is 5.36. The molecule has 13 heavy (non-hydrogen) atoms. The largest absolute Gasteiger partial charge is 0.280 e. The van der Waals surface area contributed by atoms with Crippen LogP contribution in [0.5, 0.6) is 0 Å². The van der Waals surface area contributed by atoms with Crippen molar-refractivity contribution in [3.8, 4) is 0 Å². The van der Waals surface area contributed by atoms with Gasteiger partial charge in [0.25, 0.3) is 0 Å². The van der Waals surface area contributed by atoms with Crippen molar-refractivity contribution < 1.29 is 4.79 Å². The summed E-state index contributed by atoms with van der Waals surface area (Å²) in [5.74, 6) is 0. The summed E-state index contributed by atoms with van der Waals surface area (Å²) in [5, 5.41) is -0.325. The van der Waals surface area contributed by atoms with Crippen LogP contribution < -0.4 is 0 Å². The number of hydrogen-bond donors (Lipinski definition) is 0. The number of halogens is 2. The van der Waals surface area contributed by atoms with Crippen LogP contribution in [0.2, 0.25) is 0 Å². The standard InChI is InChI=1S/C10H10ClIO/c1-10(2,9(11)13)7-3-5-8(12)6-4-7/h3-6H,1-2H3. The monoisotopic (exact) mass is 308 g/mol. The molecule has 0 bridgehead atoms. The molecule has 0 saturated carbocycles. The maximum Gasteiger partial charge on any atom is 0.231 e. The van der Waals surface area contributed by atoms with Crippen LogP contribution in [0.15, 0.2) is 24.3 Å². The van der Waals surface area contributed by atoms with Crippen LogP contribution in [0.1, 0.15) is 19.4 Å². The average molecular weight is 309 g/mol. The van der Waals surface area contributed by atoms with Crippen molar-refractivity contribution in [3.05, 3.63) is 33.4 Å². The van der Waals surface area contributed by atoms with E-state index >= 15 is 0 Å². The van der Waals surface area contributed by atoms with Crippen LogP contribution in [0.25, 0.3) is 0 Å². The molecule has 0 aliphatic carbocycles. The van der Waals surface area contributed by atoms with E-state index in [2.05, 4.69) is 22.6 Å². The summed E-state index contributed by atoms with van der Waals surface area (Å²) < 4.78 is 1.15. The van der Waals surface area contributed by atoms with Gasteiger partial charge in [0.15, 0.2) is 0 Å². The highest BCUT2D eigenvalue weighted by molar-refractivity contribution is 14.1. The van der Waals surface area contributed by atoms with Gasteiger partial charge in [-0.2, -0.15) is 0 Å². The maximum absolute atomic E-state index is 11.1. The lowest BCUT2D eigenvalue weighted by Crippen LogP contribution is -2.24. The van der Waals surface area contributed by atoms with Gasteiger partial charge in [0.05, 0.1) is 5.41 Å². The Hall–Kier alpha value is -0.0900. The number of benzene rings is 1. The van der Waals surface area contributed by atoms with Crippen molar-refractivity contribution in [2.45, 2.75) is 19.3 Å². The molecule has 0 atom stereocenters. The first-order valence-electron chi connectivity index (χ1n) is 3.90. The van der Waals surface area contributed by atoms with Crippen LogP contribution in [0.3, 0.4) is 0 Å². The van der Waals surface area contributed by atoms with Gasteiger partial charge in [-0.25, -0.2) is 0 Å². The summed E-state index contributed by atoms with van der Waals surface area (Å²) >= 11 is 7.73. The molecule has 1 rings (SSSR count). The molecule has 0 N–H and O–H groups in total. The predicted octanol–water partition coefficient (Wildman–Crippen LogP) is 3.33. The fraction of sp³-hybridized carbons (Fsp3) is 0.300. The first-order chi connectivity index (χ1) is 5.94. The Kier molecular flexibility index (Phi) is 3.35. The third-order valence-electron chi connectivity index (χ3n) is 2.06. The van der Waals surface area contributed by atoms with Crippen LogP contribution in [-0.4, -0.2) is 5.24 Å². The van der Waals surface area contributed by atoms with Gasteiger partial charge in [-0.05, 0) is 65.7 Å². The highest BCUT2D eigenvalue weighted by Gasteiger charge is 2.27. The van der Waals surface area contributed by atoms with E-state index in [1.807, 2.05) is 38.1 Å². The van der Waals surface area contributed by atoms with Crippen molar-refractivity contribution >= 4 is 39.4 Å². The molecule has 0 spiro atoms. The quantitative estimate of drug-likeness (QED) is 0.605. The van der Waals surface area contributed by atoms with Gasteiger partial charge >= 0.3 is 0 Å². The molecule has 0 fully saturated rings. The topological polar surface area (TPSA) is 17.1 Å². The molecule has 1 aromatic rings. The van der Waals surface area contributed by atoms with E-state index in [0.717, 1.165) is 9.13 Å². The zero-order valence-corrected chi connectivity index (χ0v) is 10.4. The zero-order chi connectivity index (χ0) is 10.1. The van der Waals surface area contributed by atoms with Gasteiger partial charge in [0.2, 0.25) is 5.24 Å². The molecule has 0 saturated heterocycles. The summed E-state index contributed by atoms with van der Waals surface area (Å²) in [4.78, 5) is 11.1. The summed E-state index contributed by atoms with van der Waals surface area (Å²) in [6.45, 7) is 3.65. The number of hydrogen-bond acceptors (Lipinski definition) is 1. The van der Waals surface area contributed by atoms with Crippen molar-refractivity contribution in [2.24, 2.45) is 0 Å². The second kappa shape index (κ2) is 3.96. The Labute approximate surface area is 96.6 Å². The highest BCUT2D eigenvalue weighted by Crippen LogP contribution is 2.26. The second-order valence-electron chi connectivity index (χ2n) is 3.41. The lowest BCUT2D eigenvalue weighted by Gasteiger charge is -2.19. The van der Waals surface area contributed by atoms with Crippen molar-refractivity contribution in [3.63, 3.8) is 0 Å². The first kappa shape index (κ1) is 11.0. The Morgan fingerprint density at radius 3 is 2.15 bits per heavy atom. The minimum Gasteiger partial charge on any atom is -0.280 e. The van der Waals surface area contributed by atoms with Crippen molar-refractivity contribution in [2.75, 3.05) is 0 Å². The van der Waals surface area contributed by atoms with Gasteiger partial charge in [0, 0.05) is 3.57 Å². The molecular formula is C10H10ClIO. The average Bonchev–Trinajstić information content (AvgIpc) is 2.04. The van der Waals surface area contributed by atoms with Gasteiger partial charge < -0.3 is 0 Å². The summed E-state index contributed by atoms with van der Waals surface area (Å²) in [6.07, 6.45) is 0. The van der Waals surface area contributed by atoms with Crippen LogP contribution in [-0.2, 0) is 10.2 Å². The maximum atomic E-state index is 11.1. The fourth-order valence-electron chi connectivity index (χ4n) is 0.980. The van der Waals surface area contributed by atoms with E-state index in [1.165, 1.54) is 0 Å². The summed E-state index contributed by atoms with van der Waals surface area (Å²) in [7, 11) is 0. The SMILES string of the molecule is CC(C)(C(=O)Cl)c1ccc(I)cc1. The van der Waals surface area contributed by atoms with Crippen molar-refractivity contribution in [1.29, 1.82) is 0 Å². The molecule has 0 unspecified atom stereocenters. The second-order valence-corrected chi connectivity index (χ2v) is 4.99. The van der Waals surface area contributed by atoms with E-state index in [1.54, 1.807) is 0 Å². The van der Waals surface area contributed by atoms with E-state index in [0.29, 0.717) is 0 Å². The van der Waals surface area contributed by atoms with Crippen LogP contribution >= 0.6 is 34.2 Å². The number of rotatable bonds is 2. The number of carbonyl (C=O) groups is 1. The molecular weight excluding hydrogens is 298 g/mol. The molecule has 0 heterocycles. The highest BCUT2D eigenvalue weighted by atomic mass is 127. The van der Waals surface area contributed by atoms with Gasteiger partial charge in [0.1, 0.15) is 0 Å². The lowest BCUT2D eigenvalue weighted by molar-refractivity contribution is -0.115. The Bertz CT molecular complexity index is 316. The third kappa shape index (κ3) is 2.44. The fourth-order valence-corrected chi connectivity index (χ4v) is 1.45. The minimum absolute atomic E-state index is 0.325. The molecule has 0 amide bonds. The predicted molar refractivity (Wildman–Crippen MR) is 63.0 cm³/mol. The minimum atomic E-state index is -0.591. The van der Waals surface area contributed by atoms with Crippen LogP contribution in [0.4, 0.5) is 0 Å². The van der Waals surface area contributed by atoms with Gasteiger partial charge in [-0.3, -0.25) is 4.79 Å². The smallest absolute Gasteiger partial charge is 0.231 e. The van der Waals surface area contributed by atoms with Gasteiger partial charge in [-0.15, -0.1) is 0 Å². The molecule has 0 aromatic heterocycles. The zero-order valence-electron chi connectivity index (χ0n) is 7.47. The third-order valence-corrected chi connectivity index (χ3v) is 3.25. The number of carbonyl (C=O) groups excluding carboxylic acids is 1. The molecule has 0 aliphatic rings. The lowest BCUT2D eigenvalue weighted by atomic mass is 9.86. The van der Waals surface area contributed by atoms with E-state index in [4.69, 9.17) is 11.6 Å². The molecule has 70 valence electrons. The summed E-state index contributed by atoms with van der Waals surface area (Å²) in [5.41, 5.74) is 0.360. The molecule has 1 nitrogen and oxygen atoms in total. The van der Waals surface area contributed by atoms with E-state index < -0.39 is 5.41 Å². The normalized spacial score (nSPS) is 11.4. The Morgan fingerprint density at radius 1 is 1.31 bits per heavy atom. The Balaban J connectivity index is 3.08. The van der Waals surface area contributed by atoms with E-state index in [-0.39, 0.29) is 5.24 Å².